The van der Waals surface area contributed by atoms with Crippen LogP contribution in [0.5, 0.6) is 11.5 Å². The first kappa shape index (κ1) is 21.3. The van der Waals surface area contributed by atoms with Crippen molar-refractivity contribution in [3.05, 3.63) is 111 Å². The number of thiophene rings is 1. The van der Waals surface area contributed by atoms with Gasteiger partial charge < -0.3 is 9.47 Å². The van der Waals surface area contributed by atoms with E-state index in [1.807, 2.05) is 29.6 Å². The first-order valence-corrected chi connectivity index (χ1v) is 13.0. The van der Waals surface area contributed by atoms with Gasteiger partial charge in [-0.25, -0.2) is 4.99 Å². The van der Waals surface area contributed by atoms with E-state index in [9.17, 15) is 14.9 Å². The molecule has 2 aromatic carbocycles. The van der Waals surface area contributed by atoms with Crippen LogP contribution >= 0.6 is 22.7 Å². The average molecular weight is 516 g/mol. The number of hydrogen-bond acceptors (Lipinski definition) is 8. The third-order valence-corrected chi connectivity index (χ3v) is 8.60. The largest absolute Gasteiger partial charge is 0.454 e. The Balaban J connectivity index is 1.48. The van der Waals surface area contributed by atoms with Gasteiger partial charge in [0, 0.05) is 10.4 Å². The van der Waals surface area contributed by atoms with Crippen LogP contribution in [-0.4, -0.2) is 16.3 Å². The highest BCUT2D eigenvalue weighted by Crippen LogP contribution is 2.42. The Morgan fingerprint density at radius 1 is 1.11 bits per heavy atom. The number of nitro groups is 1. The van der Waals surface area contributed by atoms with Gasteiger partial charge in [-0.1, -0.05) is 41.7 Å². The third kappa shape index (κ3) is 3.18. The van der Waals surface area contributed by atoms with Crippen molar-refractivity contribution in [3.8, 4) is 11.5 Å². The molecular weight excluding hydrogens is 498 g/mol. The van der Waals surface area contributed by atoms with Crippen molar-refractivity contribution in [1.82, 2.24) is 4.57 Å². The van der Waals surface area contributed by atoms with Gasteiger partial charge in [0.2, 0.25) is 6.79 Å². The van der Waals surface area contributed by atoms with Crippen molar-refractivity contribution in [2.45, 2.75) is 18.9 Å². The predicted molar refractivity (Wildman–Crippen MR) is 136 cm³/mol. The molecule has 0 amide bonds. The molecule has 0 saturated carbocycles. The van der Waals surface area contributed by atoms with Crippen LogP contribution in [-0.2, 0) is 6.42 Å². The lowest BCUT2D eigenvalue weighted by atomic mass is 9.85. The molecule has 0 unspecified atom stereocenters. The Kier molecular flexibility index (Phi) is 4.73. The van der Waals surface area contributed by atoms with E-state index < -0.39 is 4.92 Å². The van der Waals surface area contributed by atoms with Crippen molar-refractivity contribution in [2.75, 3.05) is 6.79 Å². The fourth-order valence-corrected chi connectivity index (χ4v) is 6.92. The fourth-order valence-electron chi connectivity index (χ4n) is 5.08. The van der Waals surface area contributed by atoms with Crippen molar-refractivity contribution >= 4 is 40.1 Å². The topological polar surface area (TPSA) is 96.0 Å². The van der Waals surface area contributed by atoms with E-state index in [2.05, 4.69) is 12.1 Å². The summed E-state index contributed by atoms with van der Waals surface area (Å²) in [5, 5.41) is 13.8. The third-order valence-electron chi connectivity index (χ3n) is 6.69. The van der Waals surface area contributed by atoms with Gasteiger partial charge in [-0.15, -0.1) is 11.3 Å². The highest BCUT2D eigenvalue weighted by molar-refractivity contribution is 7.10. The lowest BCUT2D eigenvalue weighted by molar-refractivity contribution is -0.385. The first-order valence-electron chi connectivity index (χ1n) is 11.3. The molecule has 36 heavy (non-hydrogen) atoms. The molecule has 2 aromatic heterocycles. The number of fused-ring (bicyclic) bond motifs is 4. The number of aromatic nitrogens is 1. The number of rotatable bonds is 3. The molecular formula is C26H17N3O5S2. The van der Waals surface area contributed by atoms with Gasteiger partial charge >= 0.3 is 0 Å². The smallest absolute Gasteiger partial charge is 0.280 e. The number of nitro benzene ring substituents is 1. The minimum atomic E-state index is -0.477. The lowest BCUT2D eigenvalue weighted by Crippen LogP contribution is -2.38. The number of allylic oxidation sites excluding steroid dienone is 1. The average Bonchev–Trinajstić information content (AvgIpc) is 3.63. The van der Waals surface area contributed by atoms with Crippen molar-refractivity contribution in [2.24, 2.45) is 4.99 Å². The summed E-state index contributed by atoms with van der Waals surface area (Å²) in [5.41, 5.74) is 4.34. The molecule has 10 heteroatoms. The minimum Gasteiger partial charge on any atom is -0.454 e. The molecule has 0 radical (unpaired) electrons. The van der Waals surface area contributed by atoms with E-state index in [-0.39, 0.29) is 29.6 Å². The quantitative estimate of drug-likeness (QED) is 0.303. The van der Waals surface area contributed by atoms with Gasteiger partial charge in [-0.05, 0) is 47.6 Å². The zero-order chi connectivity index (χ0) is 24.4. The summed E-state index contributed by atoms with van der Waals surface area (Å²) in [7, 11) is 0. The molecule has 7 rings (SSSR count). The molecule has 0 bridgehead atoms. The van der Waals surface area contributed by atoms with Crippen LogP contribution in [0.15, 0.2) is 69.3 Å². The van der Waals surface area contributed by atoms with Crippen LogP contribution in [0.1, 0.15) is 34.0 Å². The lowest BCUT2D eigenvalue weighted by Gasteiger charge is -2.30. The molecule has 8 nitrogen and oxygen atoms in total. The summed E-state index contributed by atoms with van der Waals surface area (Å²) in [5.74, 6) is 0.743. The van der Waals surface area contributed by atoms with Crippen LogP contribution in [0.3, 0.4) is 0 Å². The van der Waals surface area contributed by atoms with Gasteiger partial charge in [-0.3, -0.25) is 19.5 Å². The van der Waals surface area contributed by atoms with Crippen LogP contribution in [0, 0.1) is 10.1 Å². The van der Waals surface area contributed by atoms with Gasteiger partial charge in [0.15, 0.2) is 16.3 Å². The van der Waals surface area contributed by atoms with Crippen LogP contribution in [0.4, 0.5) is 5.69 Å². The number of hydrogen-bond donors (Lipinski definition) is 0. The Labute approximate surface area is 211 Å². The molecule has 3 aliphatic rings. The summed E-state index contributed by atoms with van der Waals surface area (Å²) in [4.78, 5) is 31.7. The molecule has 178 valence electrons. The Bertz CT molecular complexity index is 1780. The van der Waals surface area contributed by atoms with E-state index in [1.165, 1.54) is 23.0 Å². The zero-order valence-corrected chi connectivity index (χ0v) is 20.3. The first-order chi connectivity index (χ1) is 17.6. The van der Waals surface area contributed by atoms with Crippen LogP contribution in [0.2, 0.25) is 0 Å². The summed E-state index contributed by atoms with van der Waals surface area (Å²) < 4.78 is 12.8. The summed E-state index contributed by atoms with van der Waals surface area (Å²) in [6.07, 6.45) is 3.27. The van der Waals surface area contributed by atoms with Crippen molar-refractivity contribution in [3.63, 3.8) is 0 Å². The van der Waals surface area contributed by atoms with E-state index >= 15 is 0 Å². The van der Waals surface area contributed by atoms with E-state index in [1.54, 1.807) is 28.0 Å². The van der Waals surface area contributed by atoms with E-state index in [4.69, 9.17) is 14.5 Å². The maximum atomic E-state index is 13.8. The number of ether oxygens (including phenoxy) is 2. The molecule has 4 heterocycles. The molecule has 0 fully saturated rings. The predicted octanol–water partition coefficient (Wildman–Crippen LogP) is 4.02. The number of aryl methyl sites for hydroxylation is 1. The SMILES string of the molecule is O=c1c(=Cc2cc3c(cc2[N+](=O)[O-])OCO3)sc2n1[C@@H](c1cccs1)C1=C(N=2)c2ccccc2CC1. The number of nitrogens with zero attached hydrogens (tertiary/aromatic N) is 3. The molecule has 2 aliphatic heterocycles. The molecule has 0 saturated heterocycles. The van der Waals surface area contributed by atoms with E-state index in [0.717, 1.165) is 34.6 Å². The molecule has 4 aromatic rings. The standard InChI is InChI=1S/C26H17N3O5S2/c30-25-22(11-15-10-19-20(34-13-33-19)12-18(15)29(31)32)36-26-27-23-16-5-2-1-4-14(16)7-8-17(23)24(28(25)26)21-6-3-9-35-21/h1-6,9-12,24H,7-8,13H2/t24-/m1/s1. The Morgan fingerprint density at radius 3 is 2.75 bits per heavy atom. The number of thiazole rings is 1. The summed E-state index contributed by atoms with van der Waals surface area (Å²) in [6.45, 7) is 0.00592. The molecule has 0 N–H and O–H groups in total. The summed E-state index contributed by atoms with van der Waals surface area (Å²) in [6, 6.07) is 14.9. The van der Waals surface area contributed by atoms with Crippen molar-refractivity contribution in [1.29, 1.82) is 0 Å². The Hall–Kier alpha value is -4.02. The minimum absolute atomic E-state index is 0.00592. The van der Waals surface area contributed by atoms with Gasteiger partial charge in [0.1, 0.15) is 0 Å². The highest BCUT2D eigenvalue weighted by Gasteiger charge is 2.33. The molecule has 0 spiro atoms. The maximum absolute atomic E-state index is 13.8. The van der Waals surface area contributed by atoms with Gasteiger partial charge in [0.25, 0.3) is 11.2 Å². The van der Waals surface area contributed by atoms with Crippen LogP contribution < -0.4 is 24.4 Å². The second-order valence-corrected chi connectivity index (χ2v) is 10.6. The van der Waals surface area contributed by atoms with Gasteiger partial charge in [0.05, 0.1) is 32.8 Å². The molecule has 1 aliphatic carbocycles. The second-order valence-electron chi connectivity index (χ2n) is 8.65. The van der Waals surface area contributed by atoms with E-state index in [0.29, 0.717) is 20.8 Å². The zero-order valence-electron chi connectivity index (χ0n) is 18.7. The normalized spacial score (nSPS) is 17.9. The maximum Gasteiger partial charge on any atom is 0.280 e. The number of benzene rings is 2. The Morgan fingerprint density at radius 2 is 1.94 bits per heavy atom. The fraction of sp³-hybridized carbons (Fsp3) is 0.154. The van der Waals surface area contributed by atoms with Gasteiger partial charge in [-0.2, -0.15) is 0 Å². The van der Waals surface area contributed by atoms with Crippen molar-refractivity contribution < 1.29 is 14.4 Å². The van der Waals surface area contributed by atoms with Crippen LogP contribution in [0.25, 0.3) is 11.8 Å². The molecule has 1 atom stereocenters. The second kappa shape index (κ2) is 8.00. The monoisotopic (exact) mass is 515 g/mol. The highest BCUT2D eigenvalue weighted by atomic mass is 32.1. The summed E-state index contributed by atoms with van der Waals surface area (Å²) >= 11 is 2.86.